The van der Waals surface area contributed by atoms with E-state index in [-0.39, 0.29) is 5.91 Å². The molecule has 1 aromatic carbocycles. The first-order valence-corrected chi connectivity index (χ1v) is 13.0. The molecule has 1 aromatic heterocycles. The molecule has 1 aliphatic heterocycles. The second-order valence-corrected chi connectivity index (χ2v) is 10.2. The molecule has 1 N–H and O–H groups in total. The molecule has 2 aliphatic rings. The van der Waals surface area contributed by atoms with Gasteiger partial charge in [-0.05, 0) is 68.6 Å². The minimum atomic E-state index is -0.106. The van der Waals surface area contributed by atoms with E-state index in [0.29, 0.717) is 18.3 Å². The molecule has 5 nitrogen and oxygen atoms in total. The van der Waals surface area contributed by atoms with Crippen LogP contribution < -0.4 is 5.32 Å². The summed E-state index contributed by atoms with van der Waals surface area (Å²) in [4.78, 5) is 17.5. The summed E-state index contributed by atoms with van der Waals surface area (Å²) in [6.07, 6.45) is 10.3. The number of piperidine rings is 1. The van der Waals surface area contributed by atoms with Crippen LogP contribution in [0.4, 0.5) is 0 Å². The molecule has 2 aromatic rings. The van der Waals surface area contributed by atoms with Gasteiger partial charge in [0.1, 0.15) is 5.76 Å². The first-order chi connectivity index (χ1) is 15.7. The van der Waals surface area contributed by atoms with Crippen LogP contribution in [0.1, 0.15) is 73.2 Å². The molecule has 1 saturated carbocycles. The highest BCUT2D eigenvalue weighted by molar-refractivity contribution is 9.10. The highest BCUT2D eigenvalue weighted by atomic mass is 79.9. The lowest BCUT2D eigenvalue weighted by Crippen LogP contribution is -2.37. The van der Waals surface area contributed by atoms with Crippen molar-refractivity contribution in [2.75, 3.05) is 26.2 Å². The molecule has 174 valence electrons. The maximum atomic E-state index is 12.6. The van der Waals surface area contributed by atoms with E-state index in [2.05, 4.69) is 55.3 Å². The minimum absolute atomic E-state index is 0.106. The molecule has 0 bridgehead atoms. The Morgan fingerprint density at radius 3 is 2.44 bits per heavy atom. The number of likely N-dealkylation sites (tertiary alicyclic amines) is 1. The Kier molecular flexibility index (Phi) is 8.83. The summed E-state index contributed by atoms with van der Waals surface area (Å²) < 4.78 is 7.10. The monoisotopic (exact) mass is 501 g/mol. The number of carbonyl (C=O) groups excluding carboxylic acids is 1. The smallest absolute Gasteiger partial charge is 0.287 e. The summed E-state index contributed by atoms with van der Waals surface area (Å²) in [5.74, 6) is 1.19. The number of nitrogens with one attached hydrogen (secondary N) is 1. The second kappa shape index (κ2) is 12.0. The van der Waals surface area contributed by atoms with Gasteiger partial charge in [-0.15, -0.1) is 0 Å². The van der Waals surface area contributed by atoms with Gasteiger partial charge in [0.25, 0.3) is 5.91 Å². The molecule has 1 aliphatic carbocycles. The zero-order valence-electron chi connectivity index (χ0n) is 19.0. The van der Waals surface area contributed by atoms with Crippen molar-refractivity contribution in [2.45, 2.75) is 70.5 Å². The maximum Gasteiger partial charge on any atom is 0.287 e. The first-order valence-electron chi connectivity index (χ1n) is 12.2. The quantitative estimate of drug-likeness (QED) is 0.486. The van der Waals surface area contributed by atoms with Crippen LogP contribution in [0.5, 0.6) is 0 Å². The molecule has 6 heteroatoms. The first kappa shape index (κ1) is 23.5. The van der Waals surface area contributed by atoms with E-state index in [1.807, 2.05) is 12.1 Å². The van der Waals surface area contributed by atoms with Crippen molar-refractivity contribution in [3.05, 3.63) is 58.0 Å². The largest absolute Gasteiger partial charge is 0.455 e. The average Bonchev–Trinajstić information content (AvgIpc) is 3.30. The summed E-state index contributed by atoms with van der Waals surface area (Å²) in [6, 6.07) is 12.9. The summed E-state index contributed by atoms with van der Waals surface area (Å²) in [7, 11) is 0. The number of benzene rings is 1. The van der Waals surface area contributed by atoms with Crippen LogP contribution in [0.2, 0.25) is 0 Å². The Morgan fingerprint density at radius 1 is 0.969 bits per heavy atom. The van der Waals surface area contributed by atoms with Crippen LogP contribution in [-0.2, 0) is 13.1 Å². The molecule has 4 rings (SSSR count). The van der Waals surface area contributed by atoms with E-state index >= 15 is 0 Å². The topological polar surface area (TPSA) is 48.7 Å². The minimum Gasteiger partial charge on any atom is -0.455 e. The molecule has 1 saturated heterocycles. The van der Waals surface area contributed by atoms with Crippen molar-refractivity contribution in [3.8, 4) is 0 Å². The van der Waals surface area contributed by atoms with Gasteiger partial charge in [0.2, 0.25) is 0 Å². The standard InChI is InChI=1S/C26H36BrN3O2/c27-22-11-9-21(10-12-22)19-30(23-7-3-1-4-8-23)20-24-13-14-25(32-24)26(31)28-15-18-29-16-5-2-6-17-29/h9-14,23H,1-8,15-20H2,(H,28,31). The van der Waals surface area contributed by atoms with E-state index in [9.17, 15) is 4.79 Å². The lowest BCUT2D eigenvalue weighted by Gasteiger charge is -2.34. The predicted molar refractivity (Wildman–Crippen MR) is 132 cm³/mol. The molecule has 2 fully saturated rings. The molecule has 0 spiro atoms. The van der Waals surface area contributed by atoms with E-state index in [1.54, 1.807) is 0 Å². The molecule has 0 atom stereocenters. The number of nitrogens with zero attached hydrogens (tertiary/aromatic N) is 2. The summed E-state index contributed by atoms with van der Waals surface area (Å²) >= 11 is 3.53. The van der Waals surface area contributed by atoms with Gasteiger partial charge in [-0.1, -0.05) is 53.7 Å². The van der Waals surface area contributed by atoms with E-state index in [0.717, 1.165) is 43.0 Å². The van der Waals surface area contributed by atoms with E-state index < -0.39 is 0 Å². The Labute approximate surface area is 200 Å². The fourth-order valence-electron chi connectivity index (χ4n) is 4.97. The Balaban J connectivity index is 1.33. The number of amides is 1. The van der Waals surface area contributed by atoms with Gasteiger partial charge in [-0.3, -0.25) is 9.69 Å². The zero-order valence-corrected chi connectivity index (χ0v) is 20.6. The predicted octanol–water partition coefficient (Wildman–Crippen LogP) is 5.59. The van der Waals surface area contributed by atoms with Gasteiger partial charge in [0.15, 0.2) is 5.76 Å². The van der Waals surface area contributed by atoms with Crippen molar-refractivity contribution >= 4 is 21.8 Å². The molecular formula is C26H36BrN3O2. The van der Waals surface area contributed by atoms with Crippen molar-refractivity contribution in [1.82, 2.24) is 15.1 Å². The fraction of sp³-hybridized carbons (Fsp3) is 0.577. The van der Waals surface area contributed by atoms with Crippen molar-refractivity contribution in [1.29, 1.82) is 0 Å². The van der Waals surface area contributed by atoms with Gasteiger partial charge in [0, 0.05) is 30.1 Å². The van der Waals surface area contributed by atoms with Gasteiger partial charge in [-0.25, -0.2) is 0 Å². The van der Waals surface area contributed by atoms with Gasteiger partial charge in [-0.2, -0.15) is 0 Å². The lowest BCUT2D eigenvalue weighted by atomic mass is 9.93. The van der Waals surface area contributed by atoms with Crippen molar-refractivity contribution in [2.24, 2.45) is 0 Å². The number of hydrogen-bond donors (Lipinski definition) is 1. The van der Waals surface area contributed by atoms with E-state index in [4.69, 9.17) is 4.42 Å². The van der Waals surface area contributed by atoms with Gasteiger partial charge < -0.3 is 14.6 Å². The Morgan fingerprint density at radius 2 is 1.69 bits per heavy atom. The normalized spacial score (nSPS) is 18.2. The summed E-state index contributed by atoms with van der Waals surface area (Å²) in [5, 5.41) is 3.03. The molecule has 2 heterocycles. The Bertz CT molecular complexity index is 839. The van der Waals surface area contributed by atoms with Crippen molar-refractivity contribution < 1.29 is 9.21 Å². The third kappa shape index (κ3) is 6.93. The summed E-state index contributed by atoms with van der Waals surface area (Å²) in [5.41, 5.74) is 1.31. The van der Waals surface area contributed by atoms with Crippen LogP contribution in [-0.4, -0.2) is 47.9 Å². The molecule has 0 radical (unpaired) electrons. The van der Waals surface area contributed by atoms with Crippen LogP contribution in [0.15, 0.2) is 45.3 Å². The molecule has 32 heavy (non-hydrogen) atoms. The third-order valence-corrected chi connectivity index (χ3v) is 7.33. The molecule has 1 amide bonds. The highest BCUT2D eigenvalue weighted by Gasteiger charge is 2.23. The number of carbonyl (C=O) groups is 1. The second-order valence-electron chi connectivity index (χ2n) is 9.25. The highest BCUT2D eigenvalue weighted by Crippen LogP contribution is 2.26. The van der Waals surface area contributed by atoms with Crippen LogP contribution in [0, 0.1) is 0 Å². The number of halogens is 1. The SMILES string of the molecule is O=C(NCCN1CCCCC1)c1ccc(CN(Cc2ccc(Br)cc2)C2CCCCC2)o1. The Hall–Kier alpha value is -1.63. The number of hydrogen-bond acceptors (Lipinski definition) is 4. The number of rotatable bonds is 9. The van der Waals surface area contributed by atoms with E-state index in [1.165, 1.54) is 56.9 Å². The van der Waals surface area contributed by atoms with Crippen molar-refractivity contribution in [3.63, 3.8) is 0 Å². The number of furan rings is 1. The van der Waals surface area contributed by atoms with Gasteiger partial charge >= 0.3 is 0 Å². The zero-order chi connectivity index (χ0) is 22.2. The fourth-order valence-corrected chi connectivity index (χ4v) is 5.23. The summed E-state index contributed by atoms with van der Waals surface area (Å²) in [6.45, 7) is 5.53. The average molecular weight is 502 g/mol. The molecule has 0 unspecified atom stereocenters. The molecular weight excluding hydrogens is 466 g/mol. The van der Waals surface area contributed by atoms with Gasteiger partial charge in [0.05, 0.1) is 6.54 Å². The van der Waals surface area contributed by atoms with Crippen LogP contribution in [0.25, 0.3) is 0 Å². The van der Waals surface area contributed by atoms with Crippen LogP contribution in [0.3, 0.4) is 0 Å². The van der Waals surface area contributed by atoms with Crippen LogP contribution >= 0.6 is 15.9 Å². The lowest BCUT2D eigenvalue weighted by molar-refractivity contribution is 0.0909. The third-order valence-electron chi connectivity index (χ3n) is 6.80. The maximum absolute atomic E-state index is 12.6.